The Morgan fingerprint density at radius 3 is 1.91 bits per heavy atom. The molecule has 0 fully saturated rings. The molecule has 3 N–H and O–H groups in total. The molecule has 3 rings (SSSR count). The van der Waals surface area contributed by atoms with E-state index in [4.69, 9.17) is 18.9 Å². The molecule has 0 radical (unpaired) electrons. The van der Waals surface area contributed by atoms with Crippen LogP contribution >= 0.6 is 0 Å². The van der Waals surface area contributed by atoms with Crippen LogP contribution in [0.2, 0.25) is 0 Å². The lowest BCUT2D eigenvalue weighted by Crippen LogP contribution is -2.57. The number of hydrogen-bond donors (Lipinski definition) is 3. The largest absolute Gasteiger partial charge is 0.489 e. The van der Waals surface area contributed by atoms with Crippen molar-refractivity contribution in [2.75, 3.05) is 20.7 Å². The van der Waals surface area contributed by atoms with Crippen molar-refractivity contribution in [2.45, 2.75) is 104 Å². The van der Waals surface area contributed by atoms with Gasteiger partial charge in [-0.2, -0.15) is 0 Å². The zero-order chi connectivity index (χ0) is 41.1. The Bertz CT molecular complexity index is 1680. The van der Waals surface area contributed by atoms with Gasteiger partial charge in [0, 0.05) is 20.0 Å². The highest BCUT2D eigenvalue weighted by Gasteiger charge is 2.35. The van der Waals surface area contributed by atoms with Gasteiger partial charge < -0.3 is 39.8 Å². The molecular weight excluding hydrogens is 716 g/mol. The lowest BCUT2D eigenvalue weighted by Gasteiger charge is -2.31. The van der Waals surface area contributed by atoms with Crippen molar-refractivity contribution in [3.05, 3.63) is 102 Å². The number of carbonyl (C=O) groups excluding carboxylic acids is 5. The van der Waals surface area contributed by atoms with E-state index in [0.29, 0.717) is 25.2 Å². The van der Waals surface area contributed by atoms with Gasteiger partial charge in [0.25, 0.3) is 0 Å². The minimum absolute atomic E-state index is 0.0114. The van der Waals surface area contributed by atoms with Crippen LogP contribution in [0.15, 0.2) is 84.9 Å². The molecule has 3 aromatic rings. The van der Waals surface area contributed by atoms with E-state index >= 15 is 0 Å². The van der Waals surface area contributed by atoms with Crippen molar-refractivity contribution < 1.29 is 42.9 Å². The number of unbranched alkanes of at least 4 members (excludes halogenated alkanes) is 1. The number of methoxy groups -OCH3 is 1. The second kappa shape index (κ2) is 22.7. The number of benzene rings is 3. The Morgan fingerprint density at radius 1 is 0.732 bits per heavy atom. The first kappa shape index (κ1) is 44.8. The summed E-state index contributed by atoms with van der Waals surface area (Å²) in [6, 6.07) is 23.3. The number of alkyl carbamates (subject to hydrolysis) is 2. The van der Waals surface area contributed by atoms with Crippen LogP contribution in [0.25, 0.3) is 0 Å². The maximum Gasteiger partial charge on any atom is 0.408 e. The number of nitrogens with zero attached hydrogens (tertiary/aromatic N) is 1. The molecular formula is C43H58N4O9. The summed E-state index contributed by atoms with van der Waals surface area (Å²) in [5.74, 6) is -1.04. The molecule has 13 heteroatoms. The van der Waals surface area contributed by atoms with Gasteiger partial charge in [-0.3, -0.25) is 9.59 Å². The maximum atomic E-state index is 14.1. The molecule has 304 valence electrons. The van der Waals surface area contributed by atoms with Crippen LogP contribution in [0.4, 0.5) is 9.59 Å². The highest BCUT2D eigenvalue weighted by Crippen LogP contribution is 2.19. The smallest absolute Gasteiger partial charge is 0.408 e. The lowest BCUT2D eigenvalue weighted by atomic mass is 9.99. The van der Waals surface area contributed by atoms with E-state index in [2.05, 4.69) is 16.0 Å². The standard InChI is InChI=1S/C43H58N4O9/c1-30(2)26-36(39(49)47(6)37(40(50)53-7)27-31-21-23-34(24-22-31)54-28-32-16-10-8-11-17-32)45-38(48)35(46-42(52)56-43(3,4)5)20-14-15-25-44-41(51)55-29-33-18-12-9-13-19-33/h8-13,16-19,21-24,30,35-37H,14-15,20,25-29H2,1-7H3,(H,44,51)(H,45,48)(H,46,52)/t35-,36-,37-/m0/s1. The quantitative estimate of drug-likeness (QED) is 0.0677. The summed E-state index contributed by atoms with van der Waals surface area (Å²) in [5.41, 5.74) is 1.86. The number of hydrogen-bond acceptors (Lipinski definition) is 9. The van der Waals surface area contributed by atoms with E-state index in [1.807, 2.05) is 98.8 Å². The van der Waals surface area contributed by atoms with E-state index in [9.17, 15) is 24.0 Å². The molecule has 0 bridgehead atoms. The Morgan fingerprint density at radius 2 is 1.34 bits per heavy atom. The second-order valence-electron chi connectivity index (χ2n) is 15.0. The fourth-order valence-corrected chi connectivity index (χ4v) is 5.72. The zero-order valence-electron chi connectivity index (χ0n) is 33.7. The lowest BCUT2D eigenvalue weighted by molar-refractivity contribution is -0.152. The average molecular weight is 775 g/mol. The third-order valence-corrected chi connectivity index (χ3v) is 8.62. The van der Waals surface area contributed by atoms with Crippen LogP contribution in [0.3, 0.4) is 0 Å². The number of carbonyl (C=O) groups is 5. The fourth-order valence-electron chi connectivity index (χ4n) is 5.72. The van der Waals surface area contributed by atoms with Gasteiger partial charge in [0.1, 0.15) is 42.7 Å². The molecule has 0 aliphatic heterocycles. The molecule has 0 spiro atoms. The first-order valence-electron chi connectivity index (χ1n) is 19.0. The molecule has 3 aromatic carbocycles. The number of esters is 1. The van der Waals surface area contributed by atoms with Gasteiger partial charge in [-0.25, -0.2) is 14.4 Å². The molecule has 0 aliphatic rings. The van der Waals surface area contributed by atoms with Crippen molar-refractivity contribution in [1.29, 1.82) is 0 Å². The molecule has 13 nitrogen and oxygen atoms in total. The van der Waals surface area contributed by atoms with E-state index in [1.54, 1.807) is 20.8 Å². The van der Waals surface area contributed by atoms with Gasteiger partial charge in [0.2, 0.25) is 11.8 Å². The zero-order valence-corrected chi connectivity index (χ0v) is 33.7. The third-order valence-electron chi connectivity index (χ3n) is 8.62. The average Bonchev–Trinajstić information content (AvgIpc) is 3.17. The van der Waals surface area contributed by atoms with Crippen molar-refractivity contribution in [3.63, 3.8) is 0 Å². The van der Waals surface area contributed by atoms with Gasteiger partial charge in [-0.05, 0) is 81.2 Å². The van der Waals surface area contributed by atoms with Crippen LogP contribution in [-0.2, 0) is 48.2 Å². The highest BCUT2D eigenvalue weighted by molar-refractivity contribution is 5.93. The van der Waals surface area contributed by atoms with Crippen molar-refractivity contribution in [2.24, 2.45) is 5.92 Å². The normalized spacial score (nSPS) is 12.7. The summed E-state index contributed by atoms with van der Waals surface area (Å²) in [5, 5.41) is 8.19. The molecule has 3 atom stereocenters. The fraction of sp³-hybridized carbons (Fsp3) is 0.465. The van der Waals surface area contributed by atoms with Crippen molar-refractivity contribution >= 4 is 30.0 Å². The first-order valence-corrected chi connectivity index (χ1v) is 19.0. The van der Waals surface area contributed by atoms with E-state index in [0.717, 1.165) is 16.7 Å². The molecule has 0 aliphatic carbocycles. The van der Waals surface area contributed by atoms with Gasteiger partial charge in [-0.15, -0.1) is 0 Å². The summed E-state index contributed by atoms with van der Waals surface area (Å²) in [6.45, 7) is 9.79. The predicted molar refractivity (Wildman–Crippen MR) is 213 cm³/mol. The topological polar surface area (TPSA) is 162 Å². The Labute approximate surface area is 330 Å². The molecule has 0 saturated heterocycles. The number of likely N-dealkylation sites (N-methyl/N-ethyl adjacent to an activating group) is 1. The number of nitrogens with one attached hydrogen (secondary N) is 3. The summed E-state index contributed by atoms with van der Waals surface area (Å²) in [6.07, 6.45) is 0.196. The summed E-state index contributed by atoms with van der Waals surface area (Å²) >= 11 is 0. The van der Waals surface area contributed by atoms with Gasteiger partial charge >= 0.3 is 18.2 Å². The molecule has 4 amide bonds. The monoisotopic (exact) mass is 774 g/mol. The predicted octanol–water partition coefficient (Wildman–Crippen LogP) is 6.33. The van der Waals surface area contributed by atoms with Crippen molar-refractivity contribution in [1.82, 2.24) is 20.9 Å². The Kier molecular flexibility index (Phi) is 18.2. The van der Waals surface area contributed by atoms with Gasteiger partial charge in [-0.1, -0.05) is 86.6 Å². The highest BCUT2D eigenvalue weighted by atomic mass is 16.6. The minimum Gasteiger partial charge on any atom is -0.489 e. The second-order valence-corrected chi connectivity index (χ2v) is 15.0. The molecule has 0 aromatic heterocycles. The van der Waals surface area contributed by atoms with Crippen LogP contribution in [0, 0.1) is 5.92 Å². The maximum absolute atomic E-state index is 14.1. The first-order chi connectivity index (χ1) is 26.6. The molecule has 56 heavy (non-hydrogen) atoms. The van der Waals surface area contributed by atoms with Crippen molar-refractivity contribution in [3.8, 4) is 5.75 Å². The Hall–Kier alpha value is -5.59. The molecule has 0 heterocycles. The molecule has 0 saturated carbocycles. The van der Waals surface area contributed by atoms with Crippen LogP contribution in [-0.4, -0.2) is 79.3 Å². The van der Waals surface area contributed by atoms with Gasteiger partial charge in [0.05, 0.1) is 7.11 Å². The van der Waals surface area contributed by atoms with E-state index in [-0.39, 0.29) is 38.3 Å². The van der Waals surface area contributed by atoms with Crippen LogP contribution in [0.1, 0.15) is 77.0 Å². The van der Waals surface area contributed by atoms with E-state index in [1.165, 1.54) is 19.1 Å². The van der Waals surface area contributed by atoms with Crippen LogP contribution < -0.4 is 20.7 Å². The summed E-state index contributed by atoms with van der Waals surface area (Å²) in [4.78, 5) is 67.3. The minimum atomic E-state index is -1.05. The summed E-state index contributed by atoms with van der Waals surface area (Å²) in [7, 11) is 2.77. The summed E-state index contributed by atoms with van der Waals surface area (Å²) < 4.78 is 21.7. The number of rotatable bonds is 20. The molecule has 0 unspecified atom stereocenters. The number of ether oxygens (including phenoxy) is 4. The third kappa shape index (κ3) is 16.4. The van der Waals surface area contributed by atoms with Gasteiger partial charge in [0.15, 0.2) is 0 Å². The van der Waals surface area contributed by atoms with E-state index < -0.39 is 53.7 Å². The SMILES string of the molecule is COC(=O)[C@H](Cc1ccc(OCc2ccccc2)cc1)N(C)C(=O)[C@H](CC(C)C)NC(=O)[C@H](CCCCNC(=O)OCc1ccccc1)NC(=O)OC(C)(C)C. The number of amides is 4. The van der Waals surface area contributed by atoms with Crippen LogP contribution in [0.5, 0.6) is 5.75 Å². The Balaban J connectivity index is 1.66.